The van der Waals surface area contributed by atoms with Crippen LogP contribution in [-0.4, -0.2) is 30.4 Å². The zero-order valence-corrected chi connectivity index (χ0v) is 8.20. The molecule has 74 valence electrons. The van der Waals surface area contributed by atoms with E-state index in [9.17, 15) is 4.79 Å². The second kappa shape index (κ2) is 5.02. The van der Waals surface area contributed by atoms with Crippen LogP contribution in [0.25, 0.3) is 0 Å². The maximum Gasteiger partial charge on any atom is 0.123 e. The van der Waals surface area contributed by atoms with Crippen LogP contribution in [0.5, 0.6) is 0 Å². The first-order valence-corrected chi connectivity index (χ1v) is 4.84. The van der Waals surface area contributed by atoms with Gasteiger partial charge in [-0.3, -0.25) is 4.90 Å². The van der Waals surface area contributed by atoms with Gasteiger partial charge in [0, 0.05) is 19.0 Å². The maximum absolute atomic E-state index is 10.5. The topological polar surface area (TPSA) is 32.3 Å². The molecule has 1 aliphatic heterocycles. The SMILES string of the molecule is C=CNC(C)N1CCC(C=O)CC1. The highest BCUT2D eigenvalue weighted by Crippen LogP contribution is 2.15. The molecule has 0 aromatic carbocycles. The van der Waals surface area contributed by atoms with E-state index in [1.165, 1.54) is 0 Å². The van der Waals surface area contributed by atoms with Gasteiger partial charge >= 0.3 is 0 Å². The van der Waals surface area contributed by atoms with E-state index in [1.54, 1.807) is 6.20 Å². The Morgan fingerprint density at radius 3 is 2.62 bits per heavy atom. The summed E-state index contributed by atoms with van der Waals surface area (Å²) in [5.41, 5.74) is 0. The first-order chi connectivity index (χ1) is 6.27. The van der Waals surface area contributed by atoms with Crippen molar-refractivity contribution >= 4 is 6.29 Å². The lowest BCUT2D eigenvalue weighted by Crippen LogP contribution is -2.45. The van der Waals surface area contributed by atoms with Gasteiger partial charge in [-0.15, -0.1) is 0 Å². The summed E-state index contributed by atoms with van der Waals surface area (Å²) >= 11 is 0. The normalized spacial score (nSPS) is 22.2. The largest absolute Gasteiger partial charge is 0.376 e. The Morgan fingerprint density at radius 2 is 2.15 bits per heavy atom. The van der Waals surface area contributed by atoms with Gasteiger partial charge in [-0.2, -0.15) is 0 Å². The minimum Gasteiger partial charge on any atom is -0.376 e. The average Bonchev–Trinajstić information content (AvgIpc) is 2.18. The molecule has 0 aromatic rings. The molecule has 0 saturated carbocycles. The molecule has 0 bridgehead atoms. The van der Waals surface area contributed by atoms with E-state index in [1.807, 2.05) is 0 Å². The molecular formula is C10H18N2O. The molecule has 0 spiro atoms. The number of rotatable bonds is 4. The van der Waals surface area contributed by atoms with Gasteiger partial charge in [0.15, 0.2) is 0 Å². The highest BCUT2D eigenvalue weighted by atomic mass is 16.1. The Labute approximate surface area is 79.8 Å². The van der Waals surface area contributed by atoms with Crippen molar-refractivity contribution in [1.82, 2.24) is 10.2 Å². The van der Waals surface area contributed by atoms with Crippen molar-refractivity contribution in [1.29, 1.82) is 0 Å². The summed E-state index contributed by atoms with van der Waals surface area (Å²) in [5, 5.41) is 3.15. The smallest absolute Gasteiger partial charge is 0.123 e. The summed E-state index contributed by atoms with van der Waals surface area (Å²) < 4.78 is 0. The second-order valence-electron chi connectivity index (χ2n) is 3.56. The van der Waals surface area contributed by atoms with Gasteiger partial charge in [-0.1, -0.05) is 6.58 Å². The van der Waals surface area contributed by atoms with Crippen LogP contribution >= 0.6 is 0 Å². The number of carbonyl (C=O) groups is 1. The molecule has 1 N–H and O–H groups in total. The zero-order chi connectivity index (χ0) is 9.68. The van der Waals surface area contributed by atoms with Crippen molar-refractivity contribution in [3.05, 3.63) is 12.8 Å². The summed E-state index contributed by atoms with van der Waals surface area (Å²) in [5.74, 6) is 0.284. The van der Waals surface area contributed by atoms with E-state index in [4.69, 9.17) is 0 Å². The monoisotopic (exact) mass is 182 g/mol. The first-order valence-electron chi connectivity index (χ1n) is 4.84. The van der Waals surface area contributed by atoms with Gasteiger partial charge < -0.3 is 10.1 Å². The summed E-state index contributed by atoms with van der Waals surface area (Å²) in [6.45, 7) is 7.76. The summed E-state index contributed by atoms with van der Waals surface area (Å²) in [6.07, 6.45) is 5.13. The third-order valence-corrected chi connectivity index (χ3v) is 2.67. The van der Waals surface area contributed by atoms with Crippen LogP contribution in [0.1, 0.15) is 19.8 Å². The third kappa shape index (κ3) is 2.84. The molecule has 1 atom stereocenters. The van der Waals surface area contributed by atoms with Gasteiger partial charge in [-0.05, 0) is 26.0 Å². The van der Waals surface area contributed by atoms with E-state index in [2.05, 4.69) is 23.7 Å². The molecule has 1 aliphatic rings. The number of nitrogens with one attached hydrogen (secondary N) is 1. The molecular weight excluding hydrogens is 164 g/mol. The number of likely N-dealkylation sites (tertiary alicyclic amines) is 1. The minimum absolute atomic E-state index is 0.284. The van der Waals surface area contributed by atoms with E-state index < -0.39 is 0 Å². The van der Waals surface area contributed by atoms with E-state index >= 15 is 0 Å². The van der Waals surface area contributed by atoms with Crippen LogP contribution in [0.2, 0.25) is 0 Å². The van der Waals surface area contributed by atoms with E-state index in [0.29, 0.717) is 6.17 Å². The summed E-state index contributed by atoms with van der Waals surface area (Å²) in [7, 11) is 0. The van der Waals surface area contributed by atoms with Crippen molar-refractivity contribution in [3.8, 4) is 0 Å². The Hall–Kier alpha value is -0.830. The summed E-state index contributed by atoms with van der Waals surface area (Å²) in [6, 6.07) is 0. The van der Waals surface area contributed by atoms with Crippen LogP contribution in [0.3, 0.4) is 0 Å². The van der Waals surface area contributed by atoms with Gasteiger partial charge in [0.2, 0.25) is 0 Å². The molecule has 0 amide bonds. The molecule has 1 unspecified atom stereocenters. The fraction of sp³-hybridized carbons (Fsp3) is 0.700. The second-order valence-corrected chi connectivity index (χ2v) is 3.56. The van der Waals surface area contributed by atoms with Crippen molar-refractivity contribution < 1.29 is 4.79 Å². The number of hydrogen-bond acceptors (Lipinski definition) is 3. The van der Waals surface area contributed by atoms with Crippen LogP contribution in [0, 0.1) is 5.92 Å². The van der Waals surface area contributed by atoms with Gasteiger partial charge in [0.05, 0.1) is 6.17 Å². The molecule has 0 radical (unpaired) electrons. The average molecular weight is 182 g/mol. The molecule has 3 nitrogen and oxygen atoms in total. The Morgan fingerprint density at radius 1 is 1.54 bits per heavy atom. The molecule has 1 heterocycles. The van der Waals surface area contributed by atoms with Crippen LogP contribution in [0.4, 0.5) is 0 Å². The predicted molar refractivity (Wildman–Crippen MR) is 53.2 cm³/mol. The number of carbonyl (C=O) groups excluding carboxylic acids is 1. The Bertz CT molecular complexity index is 174. The fourth-order valence-electron chi connectivity index (χ4n) is 1.72. The lowest BCUT2D eigenvalue weighted by Gasteiger charge is -2.34. The number of nitrogens with zero attached hydrogens (tertiary/aromatic N) is 1. The molecule has 1 rings (SSSR count). The Kier molecular flexibility index (Phi) is 3.96. The van der Waals surface area contributed by atoms with Crippen molar-refractivity contribution in [3.63, 3.8) is 0 Å². The van der Waals surface area contributed by atoms with Gasteiger partial charge in [0.1, 0.15) is 6.29 Å². The number of piperidine rings is 1. The lowest BCUT2D eigenvalue weighted by molar-refractivity contribution is -0.112. The van der Waals surface area contributed by atoms with E-state index in [-0.39, 0.29) is 5.92 Å². The molecule has 1 fully saturated rings. The quantitative estimate of drug-likeness (QED) is 0.658. The molecule has 1 saturated heterocycles. The fourth-order valence-corrected chi connectivity index (χ4v) is 1.72. The first kappa shape index (κ1) is 10.3. The third-order valence-electron chi connectivity index (χ3n) is 2.67. The molecule has 0 aliphatic carbocycles. The van der Waals surface area contributed by atoms with Gasteiger partial charge in [0.25, 0.3) is 0 Å². The molecule has 13 heavy (non-hydrogen) atoms. The summed E-state index contributed by atoms with van der Waals surface area (Å²) in [4.78, 5) is 12.8. The van der Waals surface area contributed by atoms with E-state index in [0.717, 1.165) is 32.2 Å². The Balaban J connectivity index is 2.31. The molecule has 3 heteroatoms. The lowest BCUT2D eigenvalue weighted by atomic mass is 9.98. The highest BCUT2D eigenvalue weighted by Gasteiger charge is 2.21. The predicted octanol–water partition coefficient (Wildman–Crippen LogP) is 0.976. The van der Waals surface area contributed by atoms with Gasteiger partial charge in [-0.25, -0.2) is 0 Å². The van der Waals surface area contributed by atoms with Crippen LogP contribution in [-0.2, 0) is 4.79 Å². The molecule has 0 aromatic heterocycles. The van der Waals surface area contributed by atoms with Crippen molar-refractivity contribution in [2.45, 2.75) is 25.9 Å². The minimum atomic E-state index is 0.284. The van der Waals surface area contributed by atoms with Crippen LogP contribution < -0.4 is 5.32 Å². The number of aldehydes is 1. The standard InChI is InChI=1S/C10H18N2O/c1-3-11-9(2)12-6-4-10(8-13)5-7-12/h3,8-11H,1,4-7H2,2H3. The number of hydrogen-bond donors (Lipinski definition) is 1. The van der Waals surface area contributed by atoms with Crippen LogP contribution in [0.15, 0.2) is 12.8 Å². The highest BCUT2D eigenvalue weighted by molar-refractivity contribution is 5.53. The maximum atomic E-state index is 10.5. The van der Waals surface area contributed by atoms with Crippen molar-refractivity contribution in [2.75, 3.05) is 13.1 Å². The van der Waals surface area contributed by atoms with Crippen molar-refractivity contribution in [2.24, 2.45) is 5.92 Å². The zero-order valence-electron chi connectivity index (χ0n) is 8.20.